The monoisotopic (exact) mass is 569 g/mol. The summed E-state index contributed by atoms with van der Waals surface area (Å²) < 4.78 is 55.7. The number of amides is 2. The molecule has 2 amide bonds. The van der Waals surface area contributed by atoms with Crippen molar-refractivity contribution in [3.8, 4) is 0 Å². The van der Waals surface area contributed by atoms with Gasteiger partial charge in [-0.05, 0) is 73.4 Å². The highest BCUT2D eigenvalue weighted by Gasteiger charge is 2.34. The van der Waals surface area contributed by atoms with Gasteiger partial charge in [-0.2, -0.15) is 0 Å². The third-order valence-corrected chi connectivity index (χ3v) is 8.87. The molecule has 40 heavy (non-hydrogen) atoms. The van der Waals surface area contributed by atoms with E-state index in [9.17, 15) is 26.8 Å². The SMILES string of the molecule is CC[C@@H](C(=O)NC1CCCC1)N(Cc1ccc(F)cc1)C(=O)CN(c1ccc(F)cc1)S(=O)(=O)c1ccccc1. The van der Waals surface area contributed by atoms with Gasteiger partial charge in [-0.25, -0.2) is 17.2 Å². The number of sulfonamides is 1. The Balaban J connectivity index is 1.69. The van der Waals surface area contributed by atoms with Gasteiger partial charge in [0.1, 0.15) is 24.2 Å². The maximum Gasteiger partial charge on any atom is 0.264 e. The van der Waals surface area contributed by atoms with Crippen LogP contribution in [0.15, 0.2) is 83.8 Å². The van der Waals surface area contributed by atoms with Crippen molar-refractivity contribution in [2.24, 2.45) is 0 Å². The van der Waals surface area contributed by atoms with Crippen LogP contribution in [0.4, 0.5) is 14.5 Å². The second kappa shape index (κ2) is 13.0. The summed E-state index contributed by atoms with van der Waals surface area (Å²) in [6.07, 6.45) is 4.05. The van der Waals surface area contributed by atoms with E-state index in [2.05, 4.69) is 5.32 Å². The Labute approximate surface area is 233 Å². The number of carbonyl (C=O) groups excluding carboxylic acids is 2. The molecule has 0 heterocycles. The van der Waals surface area contributed by atoms with Crippen molar-refractivity contribution in [2.75, 3.05) is 10.8 Å². The highest BCUT2D eigenvalue weighted by molar-refractivity contribution is 7.92. The Hall–Kier alpha value is -3.79. The lowest BCUT2D eigenvalue weighted by atomic mass is 10.1. The highest BCUT2D eigenvalue weighted by atomic mass is 32.2. The average molecular weight is 570 g/mol. The van der Waals surface area contributed by atoms with Crippen molar-refractivity contribution in [1.29, 1.82) is 0 Å². The van der Waals surface area contributed by atoms with Crippen LogP contribution in [-0.4, -0.2) is 43.8 Å². The van der Waals surface area contributed by atoms with Crippen molar-refractivity contribution in [1.82, 2.24) is 10.2 Å². The van der Waals surface area contributed by atoms with Crippen LogP contribution in [0.3, 0.4) is 0 Å². The maximum atomic E-state index is 14.0. The van der Waals surface area contributed by atoms with Gasteiger partial charge >= 0.3 is 0 Å². The molecular weight excluding hydrogens is 536 g/mol. The molecule has 1 atom stereocenters. The molecular formula is C30H33F2N3O4S. The Morgan fingerprint density at radius 1 is 0.900 bits per heavy atom. The molecule has 1 saturated carbocycles. The summed E-state index contributed by atoms with van der Waals surface area (Å²) >= 11 is 0. The second-order valence-corrected chi connectivity index (χ2v) is 11.7. The van der Waals surface area contributed by atoms with Gasteiger partial charge in [-0.15, -0.1) is 0 Å². The van der Waals surface area contributed by atoms with Gasteiger partial charge in [-0.3, -0.25) is 13.9 Å². The molecule has 0 radical (unpaired) electrons. The van der Waals surface area contributed by atoms with Gasteiger partial charge in [0.2, 0.25) is 11.8 Å². The largest absolute Gasteiger partial charge is 0.352 e. The molecule has 1 aliphatic rings. The fraction of sp³-hybridized carbons (Fsp3) is 0.333. The summed E-state index contributed by atoms with van der Waals surface area (Å²) in [5.41, 5.74) is 0.685. The van der Waals surface area contributed by atoms with Crippen molar-refractivity contribution >= 4 is 27.5 Å². The van der Waals surface area contributed by atoms with E-state index in [-0.39, 0.29) is 35.5 Å². The maximum absolute atomic E-state index is 14.0. The molecule has 10 heteroatoms. The lowest BCUT2D eigenvalue weighted by Crippen LogP contribution is -2.53. The van der Waals surface area contributed by atoms with Crippen molar-refractivity contribution < 1.29 is 26.8 Å². The zero-order valence-corrected chi connectivity index (χ0v) is 23.1. The van der Waals surface area contributed by atoms with E-state index in [0.717, 1.165) is 42.1 Å². The number of halogens is 2. The van der Waals surface area contributed by atoms with Gasteiger partial charge in [0.25, 0.3) is 10.0 Å². The zero-order valence-electron chi connectivity index (χ0n) is 22.3. The summed E-state index contributed by atoms with van der Waals surface area (Å²) in [7, 11) is -4.23. The molecule has 0 aliphatic heterocycles. The minimum absolute atomic E-state index is 0.0264. The van der Waals surface area contributed by atoms with Crippen LogP contribution in [0.5, 0.6) is 0 Å². The van der Waals surface area contributed by atoms with Crippen LogP contribution in [0.2, 0.25) is 0 Å². The Morgan fingerprint density at radius 2 is 1.48 bits per heavy atom. The number of carbonyl (C=O) groups is 2. The van der Waals surface area contributed by atoms with Gasteiger partial charge in [0, 0.05) is 12.6 Å². The predicted molar refractivity (Wildman–Crippen MR) is 149 cm³/mol. The number of benzene rings is 3. The predicted octanol–water partition coefficient (Wildman–Crippen LogP) is 5.03. The molecule has 4 rings (SSSR count). The molecule has 0 bridgehead atoms. The fourth-order valence-electron chi connectivity index (χ4n) is 4.93. The standard InChI is InChI=1S/C30H33F2N3O4S/c1-2-28(30(37)33-25-8-6-7-9-25)34(20-22-12-14-23(31)15-13-22)29(36)21-35(26-18-16-24(32)17-19-26)40(38,39)27-10-4-3-5-11-27/h3-5,10-19,25,28H,2,6-9,20-21H2,1H3,(H,33,37)/t28-/m0/s1. The first-order chi connectivity index (χ1) is 19.2. The molecule has 0 spiro atoms. The molecule has 3 aromatic carbocycles. The summed E-state index contributed by atoms with van der Waals surface area (Å²) in [5, 5.41) is 3.04. The quantitative estimate of drug-likeness (QED) is 0.351. The van der Waals surface area contributed by atoms with E-state index < -0.39 is 40.2 Å². The normalized spacial score (nSPS) is 14.5. The molecule has 3 aromatic rings. The van der Waals surface area contributed by atoms with Gasteiger partial charge in [0.15, 0.2) is 0 Å². The lowest BCUT2D eigenvalue weighted by Gasteiger charge is -2.33. The van der Waals surface area contributed by atoms with Crippen molar-refractivity contribution in [2.45, 2.75) is 62.6 Å². The van der Waals surface area contributed by atoms with Gasteiger partial charge < -0.3 is 10.2 Å². The zero-order chi connectivity index (χ0) is 28.7. The van der Waals surface area contributed by atoms with Gasteiger partial charge in [0.05, 0.1) is 10.6 Å². The van der Waals surface area contributed by atoms with Crippen LogP contribution >= 0.6 is 0 Å². The third-order valence-electron chi connectivity index (χ3n) is 7.08. The summed E-state index contributed by atoms with van der Waals surface area (Å²) in [4.78, 5) is 28.7. The first-order valence-electron chi connectivity index (χ1n) is 13.4. The molecule has 0 saturated heterocycles. The highest BCUT2D eigenvalue weighted by Crippen LogP contribution is 2.25. The summed E-state index contributed by atoms with van der Waals surface area (Å²) in [6, 6.07) is 17.2. The van der Waals surface area contributed by atoms with Crippen molar-refractivity contribution in [3.63, 3.8) is 0 Å². The van der Waals surface area contributed by atoms with E-state index in [1.807, 2.05) is 0 Å². The molecule has 212 valence electrons. The molecule has 0 unspecified atom stereocenters. The number of hydrogen-bond acceptors (Lipinski definition) is 4. The minimum Gasteiger partial charge on any atom is -0.352 e. The van der Waals surface area contributed by atoms with Crippen molar-refractivity contribution in [3.05, 3.63) is 96.1 Å². The third kappa shape index (κ3) is 7.04. The summed E-state index contributed by atoms with van der Waals surface area (Å²) in [5.74, 6) is -1.94. The van der Waals surface area contributed by atoms with E-state index in [1.54, 1.807) is 25.1 Å². The molecule has 1 fully saturated rings. The van der Waals surface area contributed by atoms with Gasteiger partial charge in [-0.1, -0.05) is 50.1 Å². The van der Waals surface area contributed by atoms with E-state index >= 15 is 0 Å². The Kier molecular flexibility index (Phi) is 9.52. The number of anilines is 1. The first kappa shape index (κ1) is 29.2. The number of nitrogens with one attached hydrogen (secondary N) is 1. The smallest absolute Gasteiger partial charge is 0.264 e. The van der Waals surface area contributed by atoms with E-state index in [4.69, 9.17) is 0 Å². The van der Waals surface area contributed by atoms with Crippen LogP contribution in [0.25, 0.3) is 0 Å². The summed E-state index contributed by atoms with van der Waals surface area (Å²) in [6.45, 7) is 1.12. The molecule has 0 aromatic heterocycles. The minimum atomic E-state index is -4.23. The number of rotatable bonds is 11. The fourth-order valence-corrected chi connectivity index (χ4v) is 6.36. The van der Waals surface area contributed by atoms with Crippen LogP contribution in [0, 0.1) is 11.6 Å². The second-order valence-electron chi connectivity index (χ2n) is 9.86. The number of hydrogen-bond donors (Lipinski definition) is 1. The lowest BCUT2D eigenvalue weighted by molar-refractivity contribution is -0.140. The average Bonchev–Trinajstić information content (AvgIpc) is 3.46. The Morgan fingerprint density at radius 3 is 2.05 bits per heavy atom. The van der Waals surface area contributed by atoms with E-state index in [1.165, 1.54) is 53.4 Å². The van der Waals surface area contributed by atoms with Crippen LogP contribution in [0.1, 0.15) is 44.6 Å². The van der Waals surface area contributed by atoms with Crippen LogP contribution < -0.4 is 9.62 Å². The Bertz CT molecular complexity index is 1400. The molecule has 7 nitrogen and oxygen atoms in total. The topological polar surface area (TPSA) is 86.8 Å². The van der Waals surface area contributed by atoms with E-state index in [0.29, 0.717) is 5.56 Å². The van der Waals surface area contributed by atoms with Crippen LogP contribution in [-0.2, 0) is 26.2 Å². The number of nitrogens with zero attached hydrogens (tertiary/aromatic N) is 2. The first-order valence-corrected chi connectivity index (χ1v) is 14.8. The molecule has 1 aliphatic carbocycles. The molecule has 1 N–H and O–H groups in total.